The Balaban J connectivity index is 0.000000667. The largest absolute Gasteiger partial charge is 0.140 e. The van der Waals surface area contributed by atoms with Crippen molar-refractivity contribution in [3.8, 4) is 22.3 Å². The molecule has 2 heteroatoms. The number of benzene rings is 7. The zero-order valence-electron chi connectivity index (χ0n) is 28.1. The molecule has 47 heavy (non-hydrogen) atoms. The minimum absolute atomic E-state index is 1.25. The molecule has 0 radical (unpaired) electrons. The SMILES string of the molecule is CC.CCC.Cc1cc2c(-c3c4ccccc4cc4ccccc34)c3sc(C)cc3c(-c3c4ccccc4cc4ccccc34)c2s1. The topological polar surface area (TPSA) is 0 Å². The molecule has 0 fully saturated rings. The molecule has 0 bridgehead atoms. The van der Waals surface area contributed by atoms with Crippen LogP contribution in [-0.2, 0) is 0 Å². The molecule has 2 aromatic heterocycles. The molecule has 2 heterocycles. The Bertz CT molecular complexity index is 2220. The molecule has 0 saturated heterocycles. The van der Waals surface area contributed by atoms with Gasteiger partial charge >= 0.3 is 0 Å². The van der Waals surface area contributed by atoms with Crippen molar-refractivity contribution in [2.75, 3.05) is 0 Å². The number of hydrogen-bond donors (Lipinski definition) is 0. The predicted octanol–water partition coefficient (Wildman–Crippen LogP) is 15.1. The van der Waals surface area contributed by atoms with E-state index in [0.29, 0.717) is 0 Å². The van der Waals surface area contributed by atoms with Crippen LogP contribution in [0.3, 0.4) is 0 Å². The van der Waals surface area contributed by atoms with Gasteiger partial charge < -0.3 is 0 Å². The summed E-state index contributed by atoms with van der Waals surface area (Å²) in [6.45, 7) is 12.8. The molecule has 0 nitrogen and oxygen atoms in total. The molecule has 0 aliphatic heterocycles. The molecular formula is C45H40S2. The van der Waals surface area contributed by atoms with Crippen LogP contribution in [0.4, 0.5) is 0 Å². The lowest BCUT2D eigenvalue weighted by atomic mass is 9.85. The van der Waals surface area contributed by atoms with Crippen molar-refractivity contribution >= 4 is 85.9 Å². The maximum absolute atomic E-state index is 2.44. The van der Waals surface area contributed by atoms with E-state index >= 15 is 0 Å². The molecule has 0 amide bonds. The van der Waals surface area contributed by atoms with Crippen molar-refractivity contribution in [3.05, 3.63) is 131 Å². The first kappa shape index (κ1) is 31.1. The summed E-state index contributed by atoms with van der Waals surface area (Å²) in [6.07, 6.45) is 1.25. The van der Waals surface area contributed by atoms with Crippen molar-refractivity contribution in [1.82, 2.24) is 0 Å². The average Bonchev–Trinajstić information content (AvgIpc) is 3.68. The Morgan fingerprint density at radius 3 is 0.957 bits per heavy atom. The maximum atomic E-state index is 2.44. The smallest absolute Gasteiger partial charge is 0.0437 e. The fraction of sp³-hybridized carbons (Fsp3) is 0.156. The highest BCUT2D eigenvalue weighted by Crippen LogP contribution is 2.53. The van der Waals surface area contributed by atoms with Crippen LogP contribution in [0.25, 0.3) is 85.5 Å². The van der Waals surface area contributed by atoms with Crippen LogP contribution in [0, 0.1) is 13.8 Å². The molecule has 9 rings (SSSR count). The van der Waals surface area contributed by atoms with Crippen LogP contribution in [0.1, 0.15) is 43.9 Å². The van der Waals surface area contributed by atoms with E-state index in [0.717, 1.165) is 0 Å². The summed E-state index contributed by atoms with van der Waals surface area (Å²) in [5.41, 5.74) is 5.47. The molecule has 232 valence electrons. The third kappa shape index (κ3) is 5.21. The van der Waals surface area contributed by atoms with Gasteiger partial charge in [0.05, 0.1) is 0 Å². The monoisotopic (exact) mass is 644 g/mol. The second-order valence-electron chi connectivity index (χ2n) is 12.0. The van der Waals surface area contributed by atoms with Crippen LogP contribution in [0.5, 0.6) is 0 Å². The molecular weight excluding hydrogens is 605 g/mol. The quantitative estimate of drug-likeness (QED) is 0.164. The van der Waals surface area contributed by atoms with Crippen LogP contribution in [-0.4, -0.2) is 0 Å². The Kier molecular flexibility index (Phi) is 8.57. The summed E-state index contributed by atoms with van der Waals surface area (Å²) in [4.78, 5) is 2.69. The van der Waals surface area contributed by atoms with Crippen molar-refractivity contribution in [2.45, 2.75) is 48.0 Å². The fourth-order valence-corrected chi connectivity index (χ4v) is 9.25. The number of aryl methyl sites for hydroxylation is 2. The van der Waals surface area contributed by atoms with Crippen LogP contribution >= 0.6 is 22.7 Å². The van der Waals surface area contributed by atoms with Gasteiger partial charge in [0.1, 0.15) is 0 Å². The summed E-state index contributed by atoms with van der Waals surface area (Å²) in [6, 6.07) is 45.2. The fourth-order valence-electron chi connectivity index (χ4n) is 7.08. The van der Waals surface area contributed by atoms with E-state index in [-0.39, 0.29) is 0 Å². The number of rotatable bonds is 2. The Labute approximate surface area is 285 Å². The van der Waals surface area contributed by atoms with Gasteiger partial charge in [0.2, 0.25) is 0 Å². The van der Waals surface area contributed by atoms with E-state index in [1.54, 1.807) is 0 Å². The Hall–Kier alpha value is -4.50. The van der Waals surface area contributed by atoms with Gasteiger partial charge in [-0.25, -0.2) is 0 Å². The summed E-state index contributed by atoms with van der Waals surface area (Å²) in [7, 11) is 0. The minimum Gasteiger partial charge on any atom is -0.140 e. The third-order valence-corrected chi connectivity index (χ3v) is 10.9. The number of hydrogen-bond acceptors (Lipinski definition) is 2. The highest BCUT2D eigenvalue weighted by molar-refractivity contribution is 7.22. The van der Waals surface area contributed by atoms with Crippen molar-refractivity contribution in [1.29, 1.82) is 0 Å². The zero-order valence-corrected chi connectivity index (χ0v) is 29.7. The highest BCUT2D eigenvalue weighted by Gasteiger charge is 2.25. The third-order valence-electron chi connectivity index (χ3n) is 8.75. The molecule has 0 aliphatic rings. The van der Waals surface area contributed by atoms with Crippen LogP contribution < -0.4 is 0 Å². The van der Waals surface area contributed by atoms with Gasteiger partial charge in [-0.05, 0) is 92.3 Å². The van der Waals surface area contributed by atoms with Crippen molar-refractivity contribution in [2.24, 2.45) is 0 Å². The van der Waals surface area contributed by atoms with Crippen molar-refractivity contribution in [3.63, 3.8) is 0 Å². The van der Waals surface area contributed by atoms with Gasteiger partial charge in [0.15, 0.2) is 0 Å². The summed E-state index contributed by atoms with van der Waals surface area (Å²) in [5.74, 6) is 0. The van der Waals surface area contributed by atoms with E-state index in [4.69, 9.17) is 0 Å². The first-order valence-corrected chi connectivity index (χ1v) is 18.5. The van der Waals surface area contributed by atoms with Gasteiger partial charge in [-0.2, -0.15) is 0 Å². The second kappa shape index (κ2) is 13.0. The van der Waals surface area contributed by atoms with E-state index in [1.807, 2.05) is 36.5 Å². The molecule has 0 unspecified atom stereocenters. The maximum Gasteiger partial charge on any atom is 0.0437 e. The van der Waals surface area contributed by atoms with E-state index in [2.05, 4.69) is 149 Å². The number of fused-ring (bicyclic) bond motifs is 6. The summed E-state index contributed by atoms with van der Waals surface area (Å²) in [5, 5.41) is 13.1. The Morgan fingerprint density at radius 2 is 0.660 bits per heavy atom. The normalized spacial score (nSPS) is 11.3. The van der Waals surface area contributed by atoms with Gasteiger partial charge in [-0.3, -0.25) is 0 Å². The predicted molar refractivity (Wildman–Crippen MR) is 215 cm³/mol. The van der Waals surface area contributed by atoms with E-state index < -0.39 is 0 Å². The van der Waals surface area contributed by atoms with Gasteiger partial charge in [-0.15, -0.1) is 22.7 Å². The average molecular weight is 645 g/mol. The minimum atomic E-state index is 1.25. The lowest BCUT2D eigenvalue weighted by Crippen LogP contribution is -1.91. The second-order valence-corrected chi connectivity index (χ2v) is 14.6. The first-order valence-electron chi connectivity index (χ1n) is 16.8. The highest BCUT2D eigenvalue weighted by atomic mass is 32.1. The van der Waals surface area contributed by atoms with Crippen molar-refractivity contribution < 1.29 is 0 Å². The summed E-state index contributed by atoms with van der Waals surface area (Å²) < 4.78 is 2.76. The molecule has 0 aliphatic carbocycles. The molecule has 9 aromatic rings. The molecule has 0 N–H and O–H groups in total. The van der Waals surface area contributed by atoms with Crippen LogP contribution in [0.15, 0.2) is 121 Å². The lowest BCUT2D eigenvalue weighted by molar-refractivity contribution is 1.09. The molecule has 7 aromatic carbocycles. The molecule has 0 saturated carbocycles. The summed E-state index contributed by atoms with van der Waals surface area (Å²) >= 11 is 3.88. The number of thiophene rings is 2. The van der Waals surface area contributed by atoms with E-state index in [9.17, 15) is 0 Å². The Morgan fingerprint density at radius 1 is 0.383 bits per heavy atom. The standard InChI is InChI=1S/C40H26S2.C3H8.C2H6/c1-23-19-33-37(35-29-15-7-3-11-25(29)21-26-12-4-8-16-30(26)35)40-34(20-24(2)42-40)38(39(33)41-23)36-31-17-9-5-13-27(31)22-28-14-6-10-18-32(28)36;1-3-2;1-2/h3-22H,1-2H3;3H2,1-2H3;1-2H3. The molecule has 0 atom stereocenters. The lowest BCUT2D eigenvalue weighted by Gasteiger charge is -2.18. The van der Waals surface area contributed by atoms with Crippen LogP contribution in [0.2, 0.25) is 0 Å². The van der Waals surface area contributed by atoms with E-state index in [1.165, 1.54) is 102 Å². The van der Waals surface area contributed by atoms with Gasteiger partial charge in [0.25, 0.3) is 0 Å². The zero-order chi connectivity index (χ0) is 32.7. The van der Waals surface area contributed by atoms with Gasteiger partial charge in [-0.1, -0.05) is 131 Å². The molecule has 0 spiro atoms. The first-order chi connectivity index (χ1) is 23.1. The van der Waals surface area contributed by atoms with Gasteiger partial charge in [0, 0.05) is 41.1 Å².